The molecular formula is C9H10N4O2S. The number of hydrogen-bond acceptors (Lipinski definition) is 6. The number of rotatable bonds is 4. The molecule has 7 heteroatoms. The van der Waals surface area contributed by atoms with E-state index in [0.717, 1.165) is 0 Å². The van der Waals surface area contributed by atoms with E-state index in [1.54, 1.807) is 6.07 Å². The Bertz CT molecular complexity index is 408. The number of aromatic nitrogens is 2. The Morgan fingerprint density at radius 3 is 3.00 bits per heavy atom. The molecule has 0 saturated heterocycles. The average molecular weight is 238 g/mol. The maximum atomic E-state index is 11.2. The molecule has 0 atom stereocenters. The van der Waals surface area contributed by atoms with Crippen molar-refractivity contribution >= 4 is 23.5 Å². The number of thioether (sulfide) groups is 1. The molecular weight excluding hydrogens is 228 g/mol. The van der Waals surface area contributed by atoms with Crippen LogP contribution < -0.4 is 10.1 Å². The smallest absolute Gasteiger partial charge is 0.239 e. The fraction of sp³-hybridized carbons (Fsp3) is 0.333. The lowest BCUT2D eigenvalue weighted by molar-refractivity contribution is -0.115. The predicted octanol–water partition coefficient (Wildman–Crippen LogP) is 1.06. The molecule has 1 amide bonds. The molecule has 0 fully saturated rings. The minimum atomic E-state index is -0.407. The van der Waals surface area contributed by atoms with Crippen LogP contribution in [0.5, 0.6) is 5.88 Å². The summed E-state index contributed by atoms with van der Waals surface area (Å²) in [6.45, 7) is 0. The van der Waals surface area contributed by atoms with Gasteiger partial charge in [-0.15, -0.1) is 0 Å². The van der Waals surface area contributed by atoms with E-state index in [4.69, 9.17) is 10.00 Å². The number of carbonyl (C=O) groups excluding carboxylic acids is 1. The highest BCUT2D eigenvalue weighted by atomic mass is 32.2. The quantitative estimate of drug-likeness (QED) is 0.623. The number of ether oxygens (including phenoxy) is 1. The number of methoxy groups -OCH3 is 1. The summed E-state index contributed by atoms with van der Waals surface area (Å²) >= 11 is 1.33. The van der Waals surface area contributed by atoms with Crippen LogP contribution in [0.2, 0.25) is 0 Å². The Balaban J connectivity index is 2.87. The third-order valence-corrected chi connectivity index (χ3v) is 2.13. The number of nitrogens with one attached hydrogen (secondary N) is 1. The van der Waals surface area contributed by atoms with Gasteiger partial charge < -0.3 is 10.1 Å². The predicted molar refractivity (Wildman–Crippen MR) is 59.2 cm³/mol. The van der Waals surface area contributed by atoms with Gasteiger partial charge in [0.15, 0.2) is 5.16 Å². The van der Waals surface area contributed by atoms with Crippen LogP contribution in [0.3, 0.4) is 0 Å². The molecule has 1 N–H and O–H groups in total. The highest BCUT2D eigenvalue weighted by molar-refractivity contribution is 7.98. The third-order valence-electron chi connectivity index (χ3n) is 1.58. The summed E-state index contributed by atoms with van der Waals surface area (Å²) in [6.07, 6.45) is 1.61. The van der Waals surface area contributed by atoms with Gasteiger partial charge in [-0.2, -0.15) is 10.2 Å². The van der Waals surface area contributed by atoms with Crippen molar-refractivity contribution < 1.29 is 9.53 Å². The molecule has 1 aromatic heterocycles. The van der Waals surface area contributed by atoms with Crippen molar-refractivity contribution in [1.29, 1.82) is 5.26 Å². The van der Waals surface area contributed by atoms with E-state index in [1.807, 2.05) is 6.26 Å². The SMILES string of the molecule is COc1cc(NC(=O)CC#N)nc(SC)n1. The summed E-state index contributed by atoms with van der Waals surface area (Å²) in [5.74, 6) is 0.290. The monoisotopic (exact) mass is 238 g/mol. The lowest BCUT2D eigenvalue weighted by atomic mass is 10.4. The van der Waals surface area contributed by atoms with Crippen molar-refractivity contribution in [3.05, 3.63) is 6.07 Å². The molecule has 16 heavy (non-hydrogen) atoms. The second-order valence-electron chi connectivity index (χ2n) is 2.67. The molecule has 0 aliphatic carbocycles. The van der Waals surface area contributed by atoms with Crippen LogP contribution in [0.4, 0.5) is 5.82 Å². The lowest BCUT2D eigenvalue weighted by Gasteiger charge is -2.05. The molecule has 84 valence electrons. The van der Waals surface area contributed by atoms with E-state index in [1.165, 1.54) is 24.9 Å². The number of amides is 1. The molecule has 0 aliphatic heterocycles. The summed E-state index contributed by atoms with van der Waals surface area (Å²) in [7, 11) is 1.48. The first-order valence-electron chi connectivity index (χ1n) is 4.33. The zero-order valence-electron chi connectivity index (χ0n) is 8.85. The second-order valence-corrected chi connectivity index (χ2v) is 3.44. The highest BCUT2D eigenvalue weighted by Crippen LogP contribution is 2.18. The molecule has 0 aliphatic rings. The maximum absolute atomic E-state index is 11.2. The summed E-state index contributed by atoms with van der Waals surface area (Å²) in [6, 6.07) is 3.25. The summed E-state index contributed by atoms with van der Waals surface area (Å²) in [4.78, 5) is 19.3. The van der Waals surface area contributed by atoms with Crippen LogP contribution in [0.1, 0.15) is 6.42 Å². The van der Waals surface area contributed by atoms with Gasteiger partial charge in [0.2, 0.25) is 11.8 Å². The van der Waals surface area contributed by atoms with Gasteiger partial charge in [0.25, 0.3) is 0 Å². The standard InChI is InChI=1S/C9H10N4O2S/c1-15-8-5-6(11-7(14)3-4-10)12-9(13-8)16-2/h5H,3H2,1-2H3,(H,11,12,13,14). The minimum Gasteiger partial charge on any atom is -0.481 e. The maximum Gasteiger partial charge on any atom is 0.239 e. The number of hydrogen-bond donors (Lipinski definition) is 1. The highest BCUT2D eigenvalue weighted by Gasteiger charge is 2.07. The molecule has 1 heterocycles. The van der Waals surface area contributed by atoms with Crippen LogP contribution in [0.15, 0.2) is 11.2 Å². The van der Waals surface area contributed by atoms with E-state index in [2.05, 4.69) is 15.3 Å². The van der Waals surface area contributed by atoms with Crippen molar-refractivity contribution in [1.82, 2.24) is 9.97 Å². The molecule has 0 aromatic carbocycles. The van der Waals surface area contributed by atoms with Gasteiger partial charge >= 0.3 is 0 Å². The molecule has 0 bridgehead atoms. The van der Waals surface area contributed by atoms with Gasteiger partial charge in [0.1, 0.15) is 12.2 Å². The van der Waals surface area contributed by atoms with Crippen molar-refractivity contribution in [3.8, 4) is 11.9 Å². The zero-order chi connectivity index (χ0) is 12.0. The molecule has 6 nitrogen and oxygen atoms in total. The fourth-order valence-corrected chi connectivity index (χ4v) is 1.29. The summed E-state index contributed by atoms with van der Waals surface area (Å²) < 4.78 is 4.96. The Morgan fingerprint density at radius 1 is 1.69 bits per heavy atom. The Morgan fingerprint density at radius 2 is 2.44 bits per heavy atom. The van der Waals surface area contributed by atoms with E-state index in [-0.39, 0.29) is 6.42 Å². The van der Waals surface area contributed by atoms with Gasteiger partial charge in [0, 0.05) is 6.07 Å². The van der Waals surface area contributed by atoms with Crippen LogP contribution in [-0.4, -0.2) is 29.2 Å². The molecule has 0 unspecified atom stereocenters. The topological polar surface area (TPSA) is 87.9 Å². The van der Waals surface area contributed by atoms with Gasteiger partial charge in [-0.25, -0.2) is 4.98 Å². The van der Waals surface area contributed by atoms with Crippen LogP contribution in [0.25, 0.3) is 0 Å². The van der Waals surface area contributed by atoms with Crippen LogP contribution >= 0.6 is 11.8 Å². The molecule has 1 aromatic rings. The van der Waals surface area contributed by atoms with Crippen molar-refractivity contribution in [2.24, 2.45) is 0 Å². The first-order chi connectivity index (χ1) is 7.69. The van der Waals surface area contributed by atoms with Gasteiger partial charge in [-0.1, -0.05) is 11.8 Å². The van der Waals surface area contributed by atoms with E-state index >= 15 is 0 Å². The zero-order valence-corrected chi connectivity index (χ0v) is 9.67. The van der Waals surface area contributed by atoms with Gasteiger partial charge in [-0.05, 0) is 6.26 Å². The van der Waals surface area contributed by atoms with Gasteiger partial charge in [0.05, 0.1) is 13.2 Å². The second kappa shape index (κ2) is 5.92. The first kappa shape index (κ1) is 12.3. The van der Waals surface area contributed by atoms with E-state index in [0.29, 0.717) is 16.9 Å². The molecule has 0 saturated carbocycles. The van der Waals surface area contributed by atoms with Crippen LogP contribution in [-0.2, 0) is 4.79 Å². The normalized spacial score (nSPS) is 9.31. The van der Waals surface area contributed by atoms with Gasteiger partial charge in [-0.3, -0.25) is 4.79 Å². The number of nitrogens with zero attached hydrogens (tertiary/aromatic N) is 3. The van der Waals surface area contributed by atoms with Crippen LogP contribution in [0, 0.1) is 11.3 Å². The number of nitriles is 1. The van der Waals surface area contributed by atoms with E-state index < -0.39 is 5.91 Å². The van der Waals surface area contributed by atoms with Crippen molar-refractivity contribution in [3.63, 3.8) is 0 Å². The molecule has 1 rings (SSSR count). The number of carbonyl (C=O) groups is 1. The van der Waals surface area contributed by atoms with Crippen molar-refractivity contribution in [2.75, 3.05) is 18.7 Å². The molecule has 0 spiro atoms. The largest absolute Gasteiger partial charge is 0.481 e. The van der Waals surface area contributed by atoms with Crippen molar-refractivity contribution in [2.45, 2.75) is 11.6 Å². The fourth-order valence-electron chi connectivity index (χ4n) is 0.923. The Labute approximate surface area is 97.0 Å². The number of anilines is 1. The lowest BCUT2D eigenvalue weighted by Crippen LogP contribution is -2.12. The Kier molecular flexibility index (Phi) is 4.54. The van der Waals surface area contributed by atoms with E-state index in [9.17, 15) is 4.79 Å². The Hall–Kier alpha value is -1.81. The summed E-state index contributed by atoms with van der Waals surface area (Å²) in [5, 5.41) is 11.3. The first-order valence-corrected chi connectivity index (χ1v) is 5.56. The summed E-state index contributed by atoms with van der Waals surface area (Å²) in [5.41, 5.74) is 0. The molecule has 0 radical (unpaired) electrons. The average Bonchev–Trinajstić information content (AvgIpc) is 2.28. The minimum absolute atomic E-state index is 0.207. The third kappa shape index (κ3) is 3.40.